The molecule has 1 unspecified atom stereocenters. The summed E-state index contributed by atoms with van der Waals surface area (Å²) in [7, 11) is 1.65. The van der Waals surface area contributed by atoms with E-state index < -0.39 is 0 Å². The van der Waals surface area contributed by atoms with Crippen molar-refractivity contribution >= 4 is 5.82 Å². The average molecular weight is 278 g/mol. The molecule has 1 atom stereocenters. The molecule has 0 spiro atoms. The first-order valence-corrected chi connectivity index (χ1v) is 7.30. The minimum Gasteiger partial charge on any atom is -0.481 e. The number of methoxy groups -OCH3 is 1. The third-order valence-corrected chi connectivity index (χ3v) is 3.55. The molecule has 1 N–H and O–H groups in total. The normalized spacial score (nSPS) is 19.4. The SMILES string of the molecule is COc1cc(N2CCCC2CNC(C)(C)C)nc(C)n1. The van der Waals surface area contributed by atoms with Gasteiger partial charge in [-0.2, -0.15) is 4.98 Å². The summed E-state index contributed by atoms with van der Waals surface area (Å²) < 4.78 is 5.25. The van der Waals surface area contributed by atoms with Gasteiger partial charge in [-0.05, 0) is 40.5 Å². The number of rotatable bonds is 4. The molecule has 1 fully saturated rings. The Bertz CT molecular complexity index is 456. The Morgan fingerprint density at radius 3 is 2.80 bits per heavy atom. The van der Waals surface area contributed by atoms with Crippen LogP contribution in [0, 0.1) is 6.92 Å². The second-order valence-electron chi connectivity index (χ2n) is 6.44. The van der Waals surface area contributed by atoms with E-state index in [9.17, 15) is 0 Å². The zero-order valence-corrected chi connectivity index (χ0v) is 13.2. The minimum atomic E-state index is 0.146. The molecule has 0 aliphatic carbocycles. The maximum absolute atomic E-state index is 5.25. The summed E-state index contributed by atoms with van der Waals surface area (Å²) in [5, 5.41) is 3.59. The maximum atomic E-state index is 5.25. The first kappa shape index (κ1) is 15.0. The monoisotopic (exact) mass is 278 g/mol. The Morgan fingerprint density at radius 2 is 2.15 bits per heavy atom. The predicted octanol–water partition coefficient (Wildman–Crippen LogP) is 2.15. The van der Waals surface area contributed by atoms with E-state index in [-0.39, 0.29) is 5.54 Å². The fraction of sp³-hybridized carbons (Fsp3) is 0.733. The number of hydrogen-bond donors (Lipinski definition) is 1. The fourth-order valence-electron chi connectivity index (χ4n) is 2.55. The largest absolute Gasteiger partial charge is 0.481 e. The minimum absolute atomic E-state index is 0.146. The Morgan fingerprint density at radius 1 is 1.40 bits per heavy atom. The Hall–Kier alpha value is -1.36. The molecule has 0 amide bonds. The van der Waals surface area contributed by atoms with Crippen LogP contribution in [0.1, 0.15) is 39.4 Å². The molecule has 2 rings (SSSR count). The Labute approximate surface area is 121 Å². The summed E-state index contributed by atoms with van der Waals surface area (Å²) in [5.74, 6) is 2.38. The number of nitrogens with one attached hydrogen (secondary N) is 1. The highest BCUT2D eigenvalue weighted by Gasteiger charge is 2.27. The van der Waals surface area contributed by atoms with Crippen molar-refractivity contribution in [3.05, 3.63) is 11.9 Å². The maximum Gasteiger partial charge on any atom is 0.218 e. The van der Waals surface area contributed by atoms with Gasteiger partial charge in [0, 0.05) is 30.7 Å². The van der Waals surface area contributed by atoms with Gasteiger partial charge in [0.1, 0.15) is 11.6 Å². The van der Waals surface area contributed by atoms with Crippen LogP contribution in [0.3, 0.4) is 0 Å². The van der Waals surface area contributed by atoms with E-state index in [1.54, 1.807) is 7.11 Å². The molecule has 1 aliphatic heterocycles. The van der Waals surface area contributed by atoms with Gasteiger partial charge in [0.15, 0.2) is 0 Å². The molecule has 5 nitrogen and oxygen atoms in total. The zero-order chi connectivity index (χ0) is 14.8. The number of hydrogen-bond acceptors (Lipinski definition) is 5. The summed E-state index contributed by atoms with van der Waals surface area (Å²) in [5.41, 5.74) is 0.146. The van der Waals surface area contributed by atoms with Crippen molar-refractivity contribution in [3.63, 3.8) is 0 Å². The predicted molar refractivity (Wildman–Crippen MR) is 81.4 cm³/mol. The van der Waals surface area contributed by atoms with E-state index in [0.717, 1.165) is 24.7 Å². The third kappa shape index (κ3) is 3.82. The van der Waals surface area contributed by atoms with Gasteiger partial charge in [0.25, 0.3) is 0 Å². The van der Waals surface area contributed by atoms with Crippen molar-refractivity contribution in [1.82, 2.24) is 15.3 Å². The number of anilines is 1. The highest BCUT2D eigenvalue weighted by Crippen LogP contribution is 2.26. The van der Waals surface area contributed by atoms with Crippen LogP contribution in [0.5, 0.6) is 5.88 Å². The fourth-order valence-corrected chi connectivity index (χ4v) is 2.55. The molecule has 1 aromatic rings. The van der Waals surface area contributed by atoms with Crippen molar-refractivity contribution in [2.75, 3.05) is 25.1 Å². The van der Waals surface area contributed by atoms with Crippen LogP contribution in [-0.2, 0) is 0 Å². The van der Waals surface area contributed by atoms with Crippen molar-refractivity contribution in [1.29, 1.82) is 0 Å². The Balaban J connectivity index is 2.12. The van der Waals surface area contributed by atoms with Gasteiger partial charge in [-0.1, -0.05) is 0 Å². The lowest BCUT2D eigenvalue weighted by molar-refractivity contribution is 0.393. The number of nitrogens with zero attached hydrogens (tertiary/aromatic N) is 3. The van der Waals surface area contributed by atoms with E-state index in [4.69, 9.17) is 4.74 Å². The van der Waals surface area contributed by atoms with Gasteiger partial charge in [0.05, 0.1) is 7.11 Å². The van der Waals surface area contributed by atoms with Gasteiger partial charge in [-0.3, -0.25) is 0 Å². The van der Waals surface area contributed by atoms with Gasteiger partial charge in [-0.15, -0.1) is 0 Å². The van der Waals surface area contributed by atoms with Crippen molar-refractivity contribution in [2.45, 2.75) is 52.1 Å². The van der Waals surface area contributed by atoms with Crippen LogP contribution in [0.25, 0.3) is 0 Å². The highest BCUT2D eigenvalue weighted by atomic mass is 16.5. The van der Waals surface area contributed by atoms with Crippen LogP contribution in [0.4, 0.5) is 5.82 Å². The summed E-state index contributed by atoms with van der Waals surface area (Å²) in [6, 6.07) is 2.43. The number of aromatic nitrogens is 2. The molecule has 2 heterocycles. The van der Waals surface area contributed by atoms with Gasteiger partial charge in [0.2, 0.25) is 5.88 Å². The highest BCUT2D eigenvalue weighted by molar-refractivity contribution is 5.44. The molecule has 0 aromatic carbocycles. The second-order valence-corrected chi connectivity index (χ2v) is 6.44. The lowest BCUT2D eigenvalue weighted by Crippen LogP contribution is -2.45. The van der Waals surface area contributed by atoms with Crippen LogP contribution in [0.2, 0.25) is 0 Å². The van der Waals surface area contributed by atoms with Crippen molar-refractivity contribution in [3.8, 4) is 5.88 Å². The van der Waals surface area contributed by atoms with Gasteiger partial charge < -0.3 is 15.0 Å². The molecule has 1 aromatic heterocycles. The summed E-state index contributed by atoms with van der Waals surface area (Å²) in [4.78, 5) is 11.2. The first-order chi connectivity index (χ1) is 9.39. The van der Waals surface area contributed by atoms with Crippen LogP contribution < -0.4 is 15.0 Å². The molecule has 20 heavy (non-hydrogen) atoms. The zero-order valence-electron chi connectivity index (χ0n) is 13.2. The molecule has 1 aliphatic rings. The lowest BCUT2D eigenvalue weighted by Gasteiger charge is -2.30. The van der Waals surface area contributed by atoms with Crippen molar-refractivity contribution in [2.24, 2.45) is 0 Å². The molecular formula is C15H26N4O. The lowest BCUT2D eigenvalue weighted by atomic mass is 10.1. The third-order valence-electron chi connectivity index (χ3n) is 3.55. The average Bonchev–Trinajstić information content (AvgIpc) is 2.83. The molecular weight excluding hydrogens is 252 g/mol. The number of ether oxygens (including phenoxy) is 1. The van der Waals surface area contributed by atoms with Crippen LogP contribution in [0.15, 0.2) is 6.07 Å². The first-order valence-electron chi connectivity index (χ1n) is 7.30. The van der Waals surface area contributed by atoms with E-state index in [1.807, 2.05) is 13.0 Å². The van der Waals surface area contributed by atoms with Gasteiger partial charge in [-0.25, -0.2) is 4.98 Å². The molecule has 1 saturated heterocycles. The standard InChI is InChI=1S/C15H26N4O/c1-11-17-13(9-14(18-11)20-5)19-8-6-7-12(19)10-16-15(2,3)4/h9,12,16H,6-8,10H2,1-5H3. The van der Waals surface area contributed by atoms with Gasteiger partial charge >= 0.3 is 0 Å². The molecule has 0 saturated carbocycles. The van der Waals surface area contributed by atoms with Crippen LogP contribution >= 0.6 is 0 Å². The molecule has 5 heteroatoms. The summed E-state index contributed by atoms with van der Waals surface area (Å²) >= 11 is 0. The van der Waals surface area contributed by atoms with Crippen LogP contribution in [-0.4, -0.2) is 41.7 Å². The number of aryl methyl sites for hydroxylation is 1. The summed E-state index contributed by atoms with van der Waals surface area (Å²) in [6.45, 7) is 10.5. The van der Waals surface area contributed by atoms with Crippen molar-refractivity contribution < 1.29 is 4.74 Å². The molecule has 0 radical (unpaired) electrons. The van der Waals surface area contributed by atoms with E-state index in [0.29, 0.717) is 11.9 Å². The molecule has 112 valence electrons. The Kier molecular flexibility index (Phi) is 4.48. The smallest absolute Gasteiger partial charge is 0.218 e. The topological polar surface area (TPSA) is 50.3 Å². The van der Waals surface area contributed by atoms with E-state index in [2.05, 4.69) is 41.0 Å². The second kappa shape index (κ2) is 5.95. The molecule has 0 bridgehead atoms. The quantitative estimate of drug-likeness (QED) is 0.914. The van der Waals surface area contributed by atoms with E-state index in [1.165, 1.54) is 12.8 Å². The van der Waals surface area contributed by atoms with E-state index >= 15 is 0 Å². The summed E-state index contributed by atoms with van der Waals surface area (Å²) in [6.07, 6.45) is 2.41.